The highest BCUT2D eigenvalue weighted by Gasteiger charge is 2.10. The van der Waals surface area contributed by atoms with Gasteiger partial charge in [-0.3, -0.25) is 0 Å². The van der Waals surface area contributed by atoms with Crippen molar-refractivity contribution in [3.63, 3.8) is 0 Å². The number of hydrogen-bond donors (Lipinski definition) is 1. The second-order valence-electron chi connectivity index (χ2n) is 4.78. The maximum atomic E-state index is 13.1. The zero-order valence-corrected chi connectivity index (χ0v) is 10.9. The zero-order chi connectivity index (χ0) is 13.9. The molecule has 3 aromatic rings. The fourth-order valence-electron chi connectivity index (χ4n) is 2.20. The number of rotatable bonds is 4. The lowest BCUT2D eigenvalue weighted by Crippen LogP contribution is -2.11. The second kappa shape index (κ2) is 5.43. The van der Waals surface area contributed by atoms with Gasteiger partial charge in [-0.25, -0.2) is 9.37 Å². The molecule has 1 atom stereocenters. The van der Waals surface area contributed by atoms with E-state index in [-0.39, 0.29) is 11.9 Å². The van der Waals surface area contributed by atoms with Gasteiger partial charge in [0.2, 0.25) is 0 Å². The quantitative estimate of drug-likeness (QED) is 0.788. The van der Waals surface area contributed by atoms with Gasteiger partial charge < -0.3 is 10.2 Å². The number of fused-ring (bicyclic) bond motifs is 1. The summed E-state index contributed by atoms with van der Waals surface area (Å²) in [6.07, 6.45) is 1.37. The molecule has 0 aliphatic rings. The Kier molecular flexibility index (Phi) is 3.48. The highest BCUT2D eigenvalue weighted by molar-refractivity contribution is 5.72. The van der Waals surface area contributed by atoms with Crippen LogP contribution >= 0.6 is 0 Å². The molecule has 2 N–H and O–H groups in total. The second-order valence-corrected chi connectivity index (χ2v) is 4.78. The van der Waals surface area contributed by atoms with E-state index in [4.69, 9.17) is 10.2 Å². The van der Waals surface area contributed by atoms with Crippen LogP contribution in [0.3, 0.4) is 0 Å². The summed E-state index contributed by atoms with van der Waals surface area (Å²) in [5.41, 5.74) is 8.38. The Morgan fingerprint density at radius 3 is 2.75 bits per heavy atom. The minimum Gasteiger partial charge on any atom is -0.441 e. The Balaban J connectivity index is 1.71. The van der Waals surface area contributed by atoms with Gasteiger partial charge in [-0.2, -0.15) is 0 Å². The van der Waals surface area contributed by atoms with E-state index >= 15 is 0 Å². The van der Waals surface area contributed by atoms with E-state index in [0.717, 1.165) is 12.0 Å². The van der Waals surface area contributed by atoms with Crippen molar-refractivity contribution in [2.75, 3.05) is 0 Å². The van der Waals surface area contributed by atoms with Gasteiger partial charge in [0.1, 0.15) is 11.3 Å². The lowest BCUT2D eigenvalue weighted by Gasteiger charge is -2.09. The molecule has 0 spiro atoms. The summed E-state index contributed by atoms with van der Waals surface area (Å²) in [4.78, 5) is 4.33. The molecule has 0 radical (unpaired) electrons. The Labute approximate surface area is 116 Å². The van der Waals surface area contributed by atoms with Crippen LogP contribution in [0.25, 0.3) is 11.1 Å². The first kappa shape index (κ1) is 12.8. The average molecular weight is 270 g/mol. The van der Waals surface area contributed by atoms with E-state index < -0.39 is 0 Å². The molecule has 0 bridgehead atoms. The third-order valence-corrected chi connectivity index (χ3v) is 3.29. The molecule has 0 fully saturated rings. The summed E-state index contributed by atoms with van der Waals surface area (Å²) in [5.74, 6) is 0.276. The molecule has 0 aliphatic carbocycles. The third kappa shape index (κ3) is 2.70. The van der Waals surface area contributed by atoms with Crippen LogP contribution in [-0.4, -0.2) is 4.98 Å². The highest BCUT2D eigenvalue weighted by atomic mass is 19.1. The van der Waals surface area contributed by atoms with Crippen molar-refractivity contribution in [3.8, 4) is 0 Å². The maximum Gasteiger partial charge on any atom is 0.195 e. The fraction of sp³-hybridized carbons (Fsp3) is 0.188. The van der Waals surface area contributed by atoms with Crippen LogP contribution < -0.4 is 5.73 Å². The van der Waals surface area contributed by atoms with Crippen LogP contribution in [0.1, 0.15) is 23.9 Å². The summed E-state index contributed by atoms with van der Waals surface area (Å²) in [6.45, 7) is 0. The molecule has 0 saturated heterocycles. The van der Waals surface area contributed by atoms with E-state index in [1.165, 1.54) is 12.1 Å². The number of hydrogen-bond acceptors (Lipinski definition) is 3. The number of oxazole rings is 1. The predicted octanol–water partition coefficient (Wildman–Crippen LogP) is 3.60. The van der Waals surface area contributed by atoms with E-state index in [2.05, 4.69) is 4.98 Å². The molecule has 3 nitrogen and oxygen atoms in total. The summed E-state index contributed by atoms with van der Waals surface area (Å²) < 4.78 is 18.6. The van der Waals surface area contributed by atoms with Crippen molar-refractivity contribution in [3.05, 3.63) is 65.8 Å². The first-order valence-electron chi connectivity index (χ1n) is 6.58. The van der Waals surface area contributed by atoms with Gasteiger partial charge in [-0.1, -0.05) is 30.3 Å². The van der Waals surface area contributed by atoms with Crippen molar-refractivity contribution in [2.45, 2.75) is 18.9 Å². The van der Waals surface area contributed by atoms with Crippen molar-refractivity contribution in [1.29, 1.82) is 0 Å². The molecule has 0 saturated carbocycles. The van der Waals surface area contributed by atoms with Crippen LogP contribution in [0, 0.1) is 5.82 Å². The molecule has 4 heteroatoms. The number of halogens is 1. The number of benzene rings is 2. The van der Waals surface area contributed by atoms with E-state index in [9.17, 15) is 4.39 Å². The normalized spacial score (nSPS) is 12.7. The summed E-state index contributed by atoms with van der Waals surface area (Å²) in [7, 11) is 0. The molecule has 20 heavy (non-hydrogen) atoms. The molecule has 2 aromatic carbocycles. The minimum absolute atomic E-state index is 0.0528. The van der Waals surface area contributed by atoms with Gasteiger partial charge in [-0.05, 0) is 24.1 Å². The number of nitrogens with zero attached hydrogens (tertiary/aromatic N) is 1. The highest BCUT2D eigenvalue weighted by Crippen LogP contribution is 2.20. The summed E-state index contributed by atoms with van der Waals surface area (Å²) in [5, 5.41) is 0. The standard InChI is InChI=1S/C16H15FN2O/c17-12-6-8-14-15(10-12)20-16(19-14)9-7-13(18)11-4-2-1-3-5-11/h1-6,8,10,13H,7,9,18H2. The first-order valence-corrected chi connectivity index (χ1v) is 6.58. The van der Waals surface area contributed by atoms with Crippen molar-refractivity contribution in [1.82, 2.24) is 4.98 Å². The minimum atomic E-state index is -0.318. The summed E-state index contributed by atoms with van der Waals surface area (Å²) >= 11 is 0. The Morgan fingerprint density at radius 1 is 1.15 bits per heavy atom. The van der Waals surface area contributed by atoms with Gasteiger partial charge in [0.25, 0.3) is 0 Å². The molecule has 0 amide bonds. The number of nitrogens with two attached hydrogens (primary N) is 1. The van der Waals surface area contributed by atoms with Gasteiger partial charge in [0, 0.05) is 18.5 Å². The smallest absolute Gasteiger partial charge is 0.195 e. The maximum absolute atomic E-state index is 13.1. The largest absolute Gasteiger partial charge is 0.441 e. The van der Waals surface area contributed by atoms with Gasteiger partial charge >= 0.3 is 0 Å². The van der Waals surface area contributed by atoms with E-state index in [0.29, 0.717) is 23.4 Å². The van der Waals surface area contributed by atoms with Crippen molar-refractivity contribution in [2.24, 2.45) is 5.73 Å². The first-order chi connectivity index (χ1) is 9.72. The van der Waals surface area contributed by atoms with Crippen LogP contribution in [0.5, 0.6) is 0 Å². The average Bonchev–Trinajstić information content (AvgIpc) is 2.87. The predicted molar refractivity (Wildman–Crippen MR) is 75.7 cm³/mol. The van der Waals surface area contributed by atoms with Gasteiger partial charge in [-0.15, -0.1) is 0 Å². The van der Waals surface area contributed by atoms with E-state index in [1.807, 2.05) is 30.3 Å². The molecule has 102 valence electrons. The van der Waals surface area contributed by atoms with Gasteiger partial charge in [0.15, 0.2) is 11.5 Å². The molecular formula is C16H15FN2O. The number of aromatic nitrogens is 1. The molecule has 1 aromatic heterocycles. The molecule has 0 aliphatic heterocycles. The Bertz CT molecular complexity index is 709. The lowest BCUT2D eigenvalue weighted by atomic mass is 10.0. The molecular weight excluding hydrogens is 255 g/mol. The molecule has 3 rings (SSSR count). The van der Waals surface area contributed by atoms with Crippen LogP contribution in [0.2, 0.25) is 0 Å². The van der Waals surface area contributed by atoms with Crippen molar-refractivity contribution < 1.29 is 8.81 Å². The molecule has 1 heterocycles. The Morgan fingerprint density at radius 2 is 1.95 bits per heavy atom. The SMILES string of the molecule is NC(CCc1nc2ccc(F)cc2o1)c1ccccc1. The van der Waals surface area contributed by atoms with Crippen molar-refractivity contribution >= 4 is 11.1 Å². The Hall–Kier alpha value is -2.20. The molecule has 1 unspecified atom stereocenters. The van der Waals surface area contributed by atoms with Crippen LogP contribution in [-0.2, 0) is 6.42 Å². The van der Waals surface area contributed by atoms with Gasteiger partial charge in [0.05, 0.1) is 0 Å². The fourth-order valence-corrected chi connectivity index (χ4v) is 2.20. The number of aryl methyl sites for hydroxylation is 1. The van der Waals surface area contributed by atoms with E-state index in [1.54, 1.807) is 6.07 Å². The topological polar surface area (TPSA) is 52.0 Å². The summed E-state index contributed by atoms with van der Waals surface area (Å²) in [6, 6.07) is 14.2. The zero-order valence-electron chi connectivity index (χ0n) is 10.9. The third-order valence-electron chi connectivity index (χ3n) is 3.29. The van der Waals surface area contributed by atoms with Crippen LogP contribution in [0.4, 0.5) is 4.39 Å². The van der Waals surface area contributed by atoms with Crippen LogP contribution in [0.15, 0.2) is 52.9 Å². The lowest BCUT2D eigenvalue weighted by molar-refractivity contribution is 0.499. The monoisotopic (exact) mass is 270 g/mol.